The number of hydrogen-bond donors (Lipinski definition) is 1. The fourth-order valence-electron chi connectivity index (χ4n) is 8.53. The first-order chi connectivity index (χ1) is 14.8. The molecule has 5 fully saturated rings. The zero-order chi connectivity index (χ0) is 21.4. The Hall–Kier alpha value is -1.69. The van der Waals surface area contributed by atoms with Gasteiger partial charge in [0.2, 0.25) is 11.9 Å². The fourth-order valence-corrected chi connectivity index (χ4v) is 8.53. The zero-order valence-electron chi connectivity index (χ0n) is 19.1. The van der Waals surface area contributed by atoms with Crippen LogP contribution >= 0.6 is 0 Å². The lowest BCUT2D eigenvalue weighted by Gasteiger charge is -2.60. The van der Waals surface area contributed by atoms with Crippen molar-refractivity contribution >= 4 is 11.9 Å². The highest BCUT2D eigenvalue weighted by atomic mass is 16.3. The van der Waals surface area contributed by atoms with Crippen molar-refractivity contribution in [3.63, 3.8) is 0 Å². The number of amides is 1. The lowest BCUT2D eigenvalue weighted by Crippen LogP contribution is -2.57. The van der Waals surface area contributed by atoms with Gasteiger partial charge in [0.25, 0.3) is 0 Å². The van der Waals surface area contributed by atoms with Gasteiger partial charge in [-0.05, 0) is 87.0 Å². The van der Waals surface area contributed by atoms with Crippen LogP contribution in [0.15, 0.2) is 6.20 Å². The minimum Gasteiger partial charge on any atom is -0.390 e. The van der Waals surface area contributed by atoms with Crippen molar-refractivity contribution in [1.29, 1.82) is 0 Å². The highest BCUT2D eigenvalue weighted by Crippen LogP contribution is 2.63. The molecule has 1 aliphatic heterocycles. The second-order valence-electron chi connectivity index (χ2n) is 12.0. The Morgan fingerprint density at radius 2 is 2.00 bits per heavy atom. The molecule has 1 aromatic rings. The molecule has 1 saturated heterocycles. The molecule has 0 aromatic carbocycles. The molecule has 31 heavy (non-hydrogen) atoms. The van der Waals surface area contributed by atoms with Gasteiger partial charge in [-0.15, -0.1) is 0 Å². The van der Waals surface area contributed by atoms with E-state index in [1.165, 1.54) is 17.7 Å². The Morgan fingerprint density at radius 1 is 1.23 bits per heavy atom. The van der Waals surface area contributed by atoms with Crippen LogP contribution in [0.2, 0.25) is 0 Å². The number of carbonyl (C=O) groups excluding carboxylic acids is 1. The second-order valence-corrected chi connectivity index (χ2v) is 12.0. The molecule has 6 aliphatic rings. The summed E-state index contributed by atoms with van der Waals surface area (Å²) < 4.78 is 0. The van der Waals surface area contributed by atoms with E-state index < -0.39 is 5.60 Å². The third-order valence-corrected chi connectivity index (χ3v) is 9.23. The molecule has 6 heteroatoms. The Morgan fingerprint density at radius 3 is 2.71 bits per heavy atom. The minimum atomic E-state index is -0.489. The van der Waals surface area contributed by atoms with E-state index in [-0.39, 0.29) is 10.8 Å². The maximum atomic E-state index is 13.6. The van der Waals surface area contributed by atoms with Crippen LogP contribution in [0.3, 0.4) is 0 Å². The molecule has 1 aromatic heterocycles. The van der Waals surface area contributed by atoms with E-state index in [1.54, 1.807) is 0 Å². The van der Waals surface area contributed by atoms with Crippen LogP contribution in [0, 0.1) is 17.3 Å². The summed E-state index contributed by atoms with van der Waals surface area (Å²) >= 11 is 0. The summed E-state index contributed by atoms with van der Waals surface area (Å²) in [6, 6.07) is 0. The molecule has 168 valence electrons. The van der Waals surface area contributed by atoms with Crippen LogP contribution < -0.4 is 4.90 Å². The quantitative estimate of drug-likeness (QED) is 0.808. The van der Waals surface area contributed by atoms with E-state index in [4.69, 9.17) is 4.98 Å². The highest BCUT2D eigenvalue weighted by Gasteiger charge is 2.58. The van der Waals surface area contributed by atoms with Crippen molar-refractivity contribution in [1.82, 2.24) is 14.9 Å². The van der Waals surface area contributed by atoms with Crippen LogP contribution in [0.25, 0.3) is 0 Å². The summed E-state index contributed by atoms with van der Waals surface area (Å²) in [4.78, 5) is 27.2. The normalized spacial score (nSPS) is 40.4. The summed E-state index contributed by atoms with van der Waals surface area (Å²) in [7, 11) is 3.97. The number of rotatable bonds is 3. The molecule has 2 heterocycles. The first-order valence-corrected chi connectivity index (χ1v) is 12.3. The number of aliphatic hydroxyl groups is 1. The van der Waals surface area contributed by atoms with Crippen LogP contribution in [-0.2, 0) is 16.6 Å². The summed E-state index contributed by atoms with van der Waals surface area (Å²) in [5.74, 6) is 2.36. The molecule has 1 amide bonds. The number of nitrogens with zero attached hydrogens (tertiary/aromatic N) is 4. The van der Waals surface area contributed by atoms with Crippen molar-refractivity contribution in [3.8, 4) is 0 Å². The van der Waals surface area contributed by atoms with Gasteiger partial charge in [-0.25, -0.2) is 9.97 Å². The molecule has 1 spiro atoms. The van der Waals surface area contributed by atoms with Gasteiger partial charge in [-0.1, -0.05) is 0 Å². The highest BCUT2D eigenvalue weighted by molar-refractivity contribution is 5.77. The minimum absolute atomic E-state index is 0.00336. The van der Waals surface area contributed by atoms with Crippen molar-refractivity contribution in [3.05, 3.63) is 17.5 Å². The monoisotopic (exact) mass is 424 g/mol. The largest absolute Gasteiger partial charge is 0.390 e. The van der Waals surface area contributed by atoms with Gasteiger partial charge in [0, 0.05) is 45.2 Å². The van der Waals surface area contributed by atoms with E-state index in [0.29, 0.717) is 24.2 Å². The van der Waals surface area contributed by atoms with Gasteiger partial charge in [-0.3, -0.25) is 4.79 Å². The number of fused-ring (bicyclic) bond motifs is 2. The Bertz CT molecular complexity index is 897. The number of aryl methyl sites for hydroxylation is 1. The number of anilines is 1. The van der Waals surface area contributed by atoms with Gasteiger partial charge in [0.15, 0.2) is 0 Å². The molecule has 7 rings (SSSR count). The summed E-state index contributed by atoms with van der Waals surface area (Å²) in [5.41, 5.74) is 2.01. The summed E-state index contributed by atoms with van der Waals surface area (Å²) in [6.07, 6.45) is 13.3. The average Bonchev–Trinajstić information content (AvgIpc) is 3.03. The topological polar surface area (TPSA) is 69.6 Å². The third kappa shape index (κ3) is 3.20. The van der Waals surface area contributed by atoms with Crippen molar-refractivity contribution in [2.45, 2.75) is 81.6 Å². The van der Waals surface area contributed by atoms with Crippen molar-refractivity contribution in [2.24, 2.45) is 17.3 Å². The maximum absolute atomic E-state index is 13.6. The second kappa shape index (κ2) is 6.66. The van der Waals surface area contributed by atoms with Gasteiger partial charge in [-0.2, -0.15) is 0 Å². The van der Waals surface area contributed by atoms with Gasteiger partial charge in [0.1, 0.15) is 0 Å². The molecule has 0 radical (unpaired) electrons. The van der Waals surface area contributed by atoms with Gasteiger partial charge >= 0.3 is 0 Å². The number of hydrogen-bond acceptors (Lipinski definition) is 5. The van der Waals surface area contributed by atoms with E-state index in [2.05, 4.69) is 9.88 Å². The first kappa shape index (κ1) is 20.0. The molecular formula is C25H36N4O2. The summed E-state index contributed by atoms with van der Waals surface area (Å²) in [5, 5.41) is 11.1. The van der Waals surface area contributed by atoms with Crippen LogP contribution in [0.1, 0.15) is 75.5 Å². The number of piperidine rings is 1. The number of carbonyl (C=O) groups is 1. The van der Waals surface area contributed by atoms with E-state index in [1.807, 2.05) is 25.2 Å². The number of aromatic nitrogens is 2. The third-order valence-electron chi connectivity index (χ3n) is 9.23. The zero-order valence-corrected chi connectivity index (χ0v) is 19.1. The van der Waals surface area contributed by atoms with E-state index in [0.717, 1.165) is 76.8 Å². The lowest BCUT2D eigenvalue weighted by molar-refractivity contribution is -0.172. The van der Waals surface area contributed by atoms with Gasteiger partial charge < -0.3 is 14.9 Å². The van der Waals surface area contributed by atoms with Gasteiger partial charge in [0.05, 0.1) is 11.3 Å². The smallest absolute Gasteiger partial charge is 0.225 e. The molecule has 5 aliphatic carbocycles. The van der Waals surface area contributed by atoms with E-state index in [9.17, 15) is 9.90 Å². The SMILES string of the molecule is CN(C)c1ncc2c(n1)C1(CCCN(C(=O)CC34CC5CC(CC(O)(C5)C3)C4)C1)CC2. The summed E-state index contributed by atoms with van der Waals surface area (Å²) in [6.45, 7) is 1.67. The fraction of sp³-hybridized carbons (Fsp3) is 0.800. The first-order valence-electron chi connectivity index (χ1n) is 12.3. The average molecular weight is 425 g/mol. The molecule has 3 atom stereocenters. The molecule has 1 N–H and O–H groups in total. The molecule has 6 nitrogen and oxygen atoms in total. The maximum Gasteiger partial charge on any atom is 0.225 e. The van der Waals surface area contributed by atoms with E-state index >= 15 is 0 Å². The van der Waals surface area contributed by atoms with Crippen molar-refractivity contribution < 1.29 is 9.90 Å². The molecule has 3 unspecified atom stereocenters. The predicted octanol–water partition coefficient (Wildman–Crippen LogP) is 3.07. The molecule has 4 saturated carbocycles. The Labute approximate surface area is 185 Å². The van der Waals surface area contributed by atoms with Crippen molar-refractivity contribution in [2.75, 3.05) is 32.1 Å². The standard InChI is InChI=1S/C25H36N4O2/c1-28(2)22-26-14-19-4-6-24(21(19)27-22)5-3-7-29(16-24)20(30)13-23-9-17-8-18(10-23)12-25(31,11-17)15-23/h14,17-18,31H,3-13,15-16H2,1-2H3. The number of likely N-dealkylation sites (tertiary alicyclic amines) is 1. The van der Waals surface area contributed by atoms with Crippen LogP contribution in [0.5, 0.6) is 0 Å². The Balaban J connectivity index is 1.22. The molecular weight excluding hydrogens is 388 g/mol. The Kier molecular flexibility index (Phi) is 4.29. The lowest BCUT2D eigenvalue weighted by atomic mass is 9.47. The molecule has 4 bridgehead atoms. The van der Waals surface area contributed by atoms with Crippen LogP contribution in [0.4, 0.5) is 5.95 Å². The van der Waals surface area contributed by atoms with Crippen LogP contribution in [-0.4, -0.2) is 58.7 Å². The predicted molar refractivity (Wildman–Crippen MR) is 119 cm³/mol.